The van der Waals surface area contributed by atoms with E-state index in [0.29, 0.717) is 17.4 Å². The van der Waals surface area contributed by atoms with Gasteiger partial charge >= 0.3 is 0 Å². The van der Waals surface area contributed by atoms with Crippen molar-refractivity contribution in [2.24, 2.45) is 0 Å². The van der Waals surface area contributed by atoms with Crippen LogP contribution in [0.2, 0.25) is 0 Å². The molecule has 0 atom stereocenters. The number of amides is 1. The van der Waals surface area contributed by atoms with Gasteiger partial charge in [-0.05, 0) is 41.8 Å². The molecule has 0 saturated heterocycles. The van der Waals surface area contributed by atoms with Gasteiger partial charge in [-0.15, -0.1) is 6.42 Å². The Bertz CT molecular complexity index is 681. The third-order valence-electron chi connectivity index (χ3n) is 3.23. The standard InChI is InChI=1S/C19H19NO2/c1-4-15-6-5-7-17(12-15)20-19(21)13-22-18-10-8-16(9-11-18)14(2)3/h1,5-12,14H,13H2,2-3H3,(H,20,21). The van der Waals surface area contributed by atoms with Crippen molar-refractivity contribution in [3.05, 3.63) is 59.7 Å². The lowest BCUT2D eigenvalue weighted by atomic mass is 10.0. The van der Waals surface area contributed by atoms with E-state index in [2.05, 4.69) is 25.1 Å². The number of hydrogen-bond acceptors (Lipinski definition) is 2. The summed E-state index contributed by atoms with van der Waals surface area (Å²) in [7, 11) is 0. The highest BCUT2D eigenvalue weighted by molar-refractivity contribution is 5.92. The maximum Gasteiger partial charge on any atom is 0.262 e. The van der Waals surface area contributed by atoms with Crippen molar-refractivity contribution in [1.29, 1.82) is 0 Å². The second kappa shape index (κ2) is 7.33. The summed E-state index contributed by atoms with van der Waals surface area (Å²) in [5, 5.41) is 2.76. The van der Waals surface area contributed by atoms with E-state index in [4.69, 9.17) is 11.2 Å². The van der Waals surface area contributed by atoms with E-state index >= 15 is 0 Å². The molecule has 22 heavy (non-hydrogen) atoms. The van der Waals surface area contributed by atoms with E-state index in [1.54, 1.807) is 18.2 Å². The second-order valence-corrected chi connectivity index (χ2v) is 5.29. The van der Waals surface area contributed by atoms with Gasteiger partial charge in [-0.2, -0.15) is 0 Å². The molecule has 1 amide bonds. The molecule has 2 aromatic rings. The summed E-state index contributed by atoms with van der Waals surface area (Å²) in [6.07, 6.45) is 5.33. The summed E-state index contributed by atoms with van der Waals surface area (Å²) in [6.45, 7) is 4.22. The number of carbonyl (C=O) groups excluding carboxylic acids is 1. The van der Waals surface area contributed by atoms with Crippen molar-refractivity contribution >= 4 is 11.6 Å². The lowest BCUT2D eigenvalue weighted by Crippen LogP contribution is -2.20. The lowest BCUT2D eigenvalue weighted by molar-refractivity contribution is -0.118. The SMILES string of the molecule is C#Cc1cccc(NC(=O)COc2ccc(C(C)C)cc2)c1. The van der Waals surface area contributed by atoms with Crippen LogP contribution in [0.15, 0.2) is 48.5 Å². The van der Waals surface area contributed by atoms with Gasteiger partial charge < -0.3 is 10.1 Å². The molecule has 112 valence electrons. The number of ether oxygens (including phenoxy) is 1. The molecule has 0 spiro atoms. The Hall–Kier alpha value is -2.73. The zero-order valence-electron chi connectivity index (χ0n) is 12.8. The molecule has 0 fully saturated rings. The molecule has 3 heteroatoms. The molecular formula is C19H19NO2. The van der Waals surface area contributed by atoms with Gasteiger partial charge in [0.1, 0.15) is 5.75 Å². The molecule has 2 rings (SSSR count). The highest BCUT2D eigenvalue weighted by Gasteiger charge is 2.05. The molecule has 0 radical (unpaired) electrons. The Kier molecular flexibility index (Phi) is 5.21. The van der Waals surface area contributed by atoms with Gasteiger partial charge in [-0.3, -0.25) is 4.79 Å². The summed E-state index contributed by atoms with van der Waals surface area (Å²) in [5.41, 5.74) is 2.63. The first-order valence-electron chi connectivity index (χ1n) is 7.18. The van der Waals surface area contributed by atoms with E-state index in [9.17, 15) is 4.79 Å². The minimum atomic E-state index is -0.220. The topological polar surface area (TPSA) is 38.3 Å². The van der Waals surface area contributed by atoms with E-state index in [-0.39, 0.29) is 12.5 Å². The average Bonchev–Trinajstić information content (AvgIpc) is 2.53. The Labute approximate surface area is 131 Å². The molecule has 2 aromatic carbocycles. The molecule has 0 aliphatic carbocycles. The lowest BCUT2D eigenvalue weighted by Gasteiger charge is -2.09. The van der Waals surface area contributed by atoms with E-state index in [0.717, 1.165) is 5.56 Å². The van der Waals surface area contributed by atoms with Crippen LogP contribution in [0.4, 0.5) is 5.69 Å². The minimum Gasteiger partial charge on any atom is -0.484 e. The monoisotopic (exact) mass is 293 g/mol. The molecule has 0 aliphatic rings. The first kappa shape index (κ1) is 15.7. The largest absolute Gasteiger partial charge is 0.484 e. The van der Waals surface area contributed by atoms with E-state index < -0.39 is 0 Å². The van der Waals surface area contributed by atoms with Gasteiger partial charge in [-0.1, -0.05) is 38.0 Å². The zero-order chi connectivity index (χ0) is 15.9. The quantitative estimate of drug-likeness (QED) is 0.851. The van der Waals surface area contributed by atoms with Crippen LogP contribution in [0.3, 0.4) is 0 Å². The summed E-state index contributed by atoms with van der Waals surface area (Å²) in [5.74, 6) is 3.46. The number of nitrogens with one attached hydrogen (secondary N) is 1. The number of carbonyl (C=O) groups is 1. The maximum absolute atomic E-state index is 11.9. The van der Waals surface area contributed by atoms with Crippen LogP contribution in [0, 0.1) is 12.3 Å². The van der Waals surface area contributed by atoms with Crippen LogP contribution in [-0.2, 0) is 4.79 Å². The van der Waals surface area contributed by atoms with Crippen LogP contribution >= 0.6 is 0 Å². The number of hydrogen-bond donors (Lipinski definition) is 1. The average molecular weight is 293 g/mol. The molecule has 0 aliphatic heterocycles. The van der Waals surface area contributed by atoms with Crippen LogP contribution in [-0.4, -0.2) is 12.5 Å². The van der Waals surface area contributed by atoms with Crippen LogP contribution in [0.25, 0.3) is 0 Å². The molecule has 0 heterocycles. The van der Waals surface area contributed by atoms with Gasteiger partial charge in [0, 0.05) is 11.3 Å². The maximum atomic E-state index is 11.9. The Morgan fingerprint density at radius 3 is 2.59 bits per heavy atom. The summed E-state index contributed by atoms with van der Waals surface area (Å²) < 4.78 is 5.48. The van der Waals surface area contributed by atoms with Gasteiger partial charge in [0.2, 0.25) is 0 Å². The first-order valence-corrected chi connectivity index (χ1v) is 7.18. The van der Waals surface area contributed by atoms with Crippen molar-refractivity contribution in [1.82, 2.24) is 0 Å². The predicted octanol–water partition coefficient (Wildman–Crippen LogP) is 3.81. The highest BCUT2D eigenvalue weighted by Crippen LogP contribution is 2.18. The molecular weight excluding hydrogens is 274 g/mol. The fourth-order valence-electron chi connectivity index (χ4n) is 1.98. The summed E-state index contributed by atoms with van der Waals surface area (Å²) in [4.78, 5) is 11.9. The Morgan fingerprint density at radius 2 is 1.95 bits per heavy atom. The van der Waals surface area contributed by atoms with Gasteiger partial charge in [0.05, 0.1) is 0 Å². The fourth-order valence-corrected chi connectivity index (χ4v) is 1.98. The molecule has 0 bridgehead atoms. The van der Waals surface area contributed by atoms with Crippen LogP contribution in [0.1, 0.15) is 30.9 Å². The Balaban J connectivity index is 1.88. The van der Waals surface area contributed by atoms with Gasteiger partial charge in [0.15, 0.2) is 6.61 Å². The summed E-state index contributed by atoms with van der Waals surface area (Å²) >= 11 is 0. The smallest absolute Gasteiger partial charge is 0.262 e. The van der Waals surface area contributed by atoms with E-state index in [1.807, 2.05) is 30.3 Å². The molecule has 1 N–H and O–H groups in total. The molecule has 0 aromatic heterocycles. The van der Waals surface area contributed by atoms with Gasteiger partial charge in [-0.25, -0.2) is 0 Å². The number of benzene rings is 2. The molecule has 0 saturated carbocycles. The van der Waals surface area contributed by atoms with E-state index in [1.165, 1.54) is 5.56 Å². The number of terminal acetylenes is 1. The summed E-state index contributed by atoms with van der Waals surface area (Å²) in [6, 6.07) is 14.9. The molecule has 3 nitrogen and oxygen atoms in total. The number of rotatable bonds is 5. The van der Waals surface area contributed by atoms with Crippen molar-refractivity contribution in [3.63, 3.8) is 0 Å². The van der Waals surface area contributed by atoms with Crippen molar-refractivity contribution in [2.75, 3.05) is 11.9 Å². The molecule has 0 unspecified atom stereocenters. The van der Waals surface area contributed by atoms with Crippen LogP contribution in [0.5, 0.6) is 5.75 Å². The third-order valence-corrected chi connectivity index (χ3v) is 3.23. The minimum absolute atomic E-state index is 0.0404. The fraction of sp³-hybridized carbons (Fsp3) is 0.211. The highest BCUT2D eigenvalue weighted by atomic mass is 16.5. The third kappa shape index (κ3) is 4.39. The van der Waals surface area contributed by atoms with Crippen molar-refractivity contribution in [3.8, 4) is 18.1 Å². The van der Waals surface area contributed by atoms with Crippen LogP contribution < -0.4 is 10.1 Å². The second-order valence-electron chi connectivity index (χ2n) is 5.29. The predicted molar refractivity (Wildman–Crippen MR) is 89.0 cm³/mol. The zero-order valence-corrected chi connectivity index (χ0v) is 12.8. The van der Waals surface area contributed by atoms with Crippen molar-refractivity contribution in [2.45, 2.75) is 19.8 Å². The number of anilines is 1. The van der Waals surface area contributed by atoms with Gasteiger partial charge in [0.25, 0.3) is 5.91 Å². The Morgan fingerprint density at radius 1 is 1.23 bits per heavy atom. The first-order chi connectivity index (χ1) is 10.6. The van der Waals surface area contributed by atoms with Crippen molar-refractivity contribution < 1.29 is 9.53 Å². The normalized spacial score (nSPS) is 10.1.